The molecule has 0 rings (SSSR count). The summed E-state index contributed by atoms with van der Waals surface area (Å²) in [6.07, 6.45) is 0.0726. The van der Waals surface area contributed by atoms with Gasteiger partial charge in [0.25, 0.3) is 0 Å². The molecule has 64 valence electrons. The number of ether oxygens (including phenoxy) is 1. The average Bonchev–Trinajstić information content (AvgIpc) is 1.87. The molecule has 0 aliphatic carbocycles. The van der Waals surface area contributed by atoms with E-state index in [0.717, 1.165) is 0 Å². The molecule has 1 unspecified atom stereocenters. The summed E-state index contributed by atoms with van der Waals surface area (Å²) in [6.45, 7) is 6.74. The highest BCUT2D eigenvalue weighted by Crippen LogP contribution is 2.13. The van der Waals surface area contributed by atoms with Gasteiger partial charge in [-0.15, -0.1) is 0 Å². The molecule has 0 amide bonds. The van der Waals surface area contributed by atoms with E-state index in [0.29, 0.717) is 6.61 Å². The number of hydrogen-bond donors (Lipinski definition) is 0. The van der Waals surface area contributed by atoms with Gasteiger partial charge in [0.2, 0.25) is 0 Å². The van der Waals surface area contributed by atoms with E-state index in [2.05, 4.69) is 11.3 Å². The van der Waals surface area contributed by atoms with Crippen molar-refractivity contribution >= 4 is 5.97 Å². The Balaban J connectivity index is 3.66. The van der Waals surface area contributed by atoms with Gasteiger partial charge in [-0.05, 0) is 6.92 Å². The van der Waals surface area contributed by atoms with Gasteiger partial charge in [0, 0.05) is 5.92 Å². The molecule has 2 nitrogen and oxygen atoms in total. The zero-order valence-corrected chi connectivity index (χ0v) is 6.89. The third-order valence-corrected chi connectivity index (χ3v) is 1.31. The van der Waals surface area contributed by atoms with Crippen LogP contribution in [0.15, 0.2) is 12.4 Å². The van der Waals surface area contributed by atoms with E-state index in [4.69, 9.17) is 0 Å². The van der Waals surface area contributed by atoms with Crippen LogP contribution in [-0.2, 0) is 9.53 Å². The van der Waals surface area contributed by atoms with E-state index in [1.807, 2.05) is 0 Å². The second kappa shape index (κ2) is 4.88. The molecule has 0 N–H and O–H groups in total. The summed E-state index contributed by atoms with van der Waals surface area (Å²) >= 11 is 0. The molecule has 1 atom stereocenters. The van der Waals surface area contributed by atoms with Gasteiger partial charge in [-0.3, -0.25) is 4.79 Å². The van der Waals surface area contributed by atoms with Gasteiger partial charge < -0.3 is 4.74 Å². The van der Waals surface area contributed by atoms with Gasteiger partial charge in [0.05, 0.1) is 18.9 Å². The van der Waals surface area contributed by atoms with Crippen molar-refractivity contribution in [2.75, 3.05) is 6.61 Å². The van der Waals surface area contributed by atoms with Crippen molar-refractivity contribution in [1.82, 2.24) is 0 Å². The Hall–Kier alpha value is -0.860. The predicted octanol–water partition coefficient (Wildman–Crippen LogP) is 2.06. The number of carbonyl (C=O) groups excluding carboxylic acids is 1. The number of hydrogen-bond acceptors (Lipinski definition) is 2. The molecule has 11 heavy (non-hydrogen) atoms. The Morgan fingerprint density at radius 2 is 2.27 bits per heavy atom. The highest BCUT2D eigenvalue weighted by Gasteiger charge is 2.11. The van der Waals surface area contributed by atoms with Crippen LogP contribution in [0.5, 0.6) is 0 Å². The van der Waals surface area contributed by atoms with E-state index in [9.17, 15) is 9.18 Å². The molecule has 0 aromatic rings. The smallest absolute Gasteiger partial charge is 0.306 e. The van der Waals surface area contributed by atoms with Crippen molar-refractivity contribution in [2.45, 2.75) is 20.3 Å². The van der Waals surface area contributed by atoms with Crippen molar-refractivity contribution in [3.63, 3.8) is 0 Å². The largest absolute Gasteiger partial charge is 0.466 e. The molecule has 3 heteroatoms. The summed E-state index contributed by atoms with van der Waals surface area (Å²) < 4.78 is 16.9. The standard InChI is InChI=1S/C8H13FO2/c1-4-11-8(10)5-6(2)7(3)9/h6H,3-5H2,1-2H3. The highest BCUT2D eigenvalue weighted by molar-refractivity contribution is 5.69. The fourth-order valence-corrected chi connectivity index (χ4v) is 0.581. The van der Waals surface area contributed by atoms with Crippen molar-refractivity contribution in [2.24, 2.45) is 5.92 Å². The van der Waals surface area contributed by atoms with E-state index in [1.165, 1.54) is 0 Å². The molecule has 0 fully saturated rings. The van der Waals surface area contributed by atoms with E-state index < -0.39 is 11.7 Å². The third kappa shape index (κ3) is 4.53. The Morgan fingerprint density at radius 3 is 2.64 bits per heavy atom. The molecule has 0 heterocycles. The molecule has 0 spiro atoms. The minimum atomic E-state index is -0.474. The molecule has 0 aliphatic heterocycles. The number of esters is 1. The van der Waals surface area contributed by atoms with Crippen molar-refractivity contribution in [1.29, 1.82) is 0 Å². The molecular weight excluding hydrogens is 147 g/mol. The van der Waals surface area contributed by atoms with E-state index in [-0.39, 0.29) is 12.4 Å². The summed E-state index contributed by atoms with van der Waals surface area (Å²) in [5.41, 5.74) is 0. The number of carbonyl (C=O) groups is 1. The van der Waals surface area contributed by atoms with Crippen LogP contribution in [-0.4, -0.2) is 12.6 Å². The quantitative estimate of drug-likeness (QED) is 0.588. The summed E-state index contributed by atoms with van der Waals surface area (Å²) in [5, 5.41) is 0. The summed E-state index contributed by atoms with van der Waals surface area (Å²) in [7, 11) is 0. The molecular formula is C8H13FO2. The second-order valence-corrected chi connectivity index (χ2v) is 2.36. The fourth-order valence-electron chi connectivity index (χ4n) is 0.581. The van der Waals surface area contributed by atoms with Crippen LogP contribution in [0.2, 0.25) is 0 Å². The number of rotatable bonds is 4. The maximum absolute atomic E-state index is 12.3. The normalized spacial score (nSPS) is 12.3. The monoisotopic (exact) mass is 160 g/mol. The molecule has 0 aromatic heterocycles. The fraction of sp³-hybridized carbons (Fsp3) is 0.625. The van der Waals surface area contributed by atoms with Gasteiger partial charge in [0.15, 0.2) is 0 Å². The highest BCUT2D eigenvalue weighted by atomic mass is 19.1. The van der Waals surface area contributed by atoms with Crippen LogP contribution in [0, 0.1) is 5.92 Å². The first kappa shape index (κ1) is 10.1. The summed E-state index contributed by atoms with van der Waals surface area (Å²) in [5.74, 6) is -1.29. The molecule has 0 bridgehead atoms. The van der Waals surface area contributed by atoms with Gasteiger partial charge in [-0.25, -0.2) is 4.39 Å². The van der Waals surface area contributed by atoms with E-state index in [1.54, 1.807) is 13.8 Å². The lowest BCUT2D eigenvalue weighted by atomic mass is 10.1. The Kier molecular flexibility index (Phi) is 4.50. The first-order valence-electron chi connectivity index (χ1n) is 3.57. The lowest BCUT2D eigenvalue weighted by Crippen LogP contribution is -2.09. The Labute approximate surface area is 66.0 Å². The zero-order valence-electron chi connectivity index (χ0n) is 6.89. The maximum Gasteiger partial charge on any atom is 0.306 e. The van der Waals surface area contributed by atoms with Crippen LogP contribution >= 0.6 is 0 Å². The van der Waals surface area contributed by atoms with Crippen LogP contribution in [0.3, 0.4) is 0 Å². The number of halogens is 1. The second-order valence-electron chi connectivity index (χ2n) is 2.36. The topological polar surface area (TPSA) is 26.3 Å². The molecule has 0 radical (unpaired) electrons. The van der Waals surface area contributed by atoms with Crippen molar-refractivity contribution in [3.05, 3.63) is 12.4 Å². The SMILES string of the molecule is C=C(F)C(C)CC(=O)OCC. The van der Waals surface area contributed by atoms with Crippen molar-refractivity contribution < 1.29 is 13.9 Å². The van der Waals surface area contributed by atoms with Crippen LogP contribution in [0.4, 0.5) is 4.39 Å². The molecule has 0 saturated heterocycles. The predicted molar refractivity (Wildman–Crippen MR) is 40.7 cm³/mol. The lowest BCUT2D eigenvalue weighted by Gasteiger charge is -2.06. The average molecular weight is 160 g/mol. The molecule has 0 aromatic carbocycles. The van der Waals surface area contributed by atoms with Gasteiger partial charge in [-0.2, -0.15) is 0 Å². The summed E-state index contributed by atoms with van der Waals surface area (Å²) in [6, 6.07) is 0. The van der Waals surface area contributed by atoms with Crippen LogP contribution in [0.25, 0.3) is 0 Å². The van der Waals surface area contributed by atoms with Crippen LogP contribution < -0.4 is 0 Å². The Bertz CT molecular complexity index is 154. The van der Waals surface area contributed by atoms with Gasteiger partial charge >= 0.3 is 5.97 Å². The van der Waals surface area contributed by atoms with Crippen LogP contribution in [0.1, 0.15) is 20.3 Å². The van der Waals surface area contributed by atoms with E-state index >= 15 is 0 Å². The molecule has 0 saturated carbocycles. The number of allylic oxidation sites excluding steroid dienone is 1. The third-order valence-electron chi connectivity index (χ3n) is 1.31. The zero-order chi connectivity index (χ0) is 8.85. The minimum absolute atomic E-state index is 0.0726. The maximum atomic E-state index is 12.3. The minimum Gasteiger partial charge on any atom is -0.466 e. The lowest BCUT2D eigenvalue weighted by molar-refractivity contribution is -0.143. The first-order valence-corrected chi connectivity index (χ1v) is 3.57. The Morgan fingerprint density at radius 1 is 1.73 bits per heavy atom. The van der Waals surface area contributed by atoms with Crippen molar-refractivity contribution in [3.8, 4) is 0 Å². The van der Waals surface area contributed by atoms with Gasteiger partial charge in [-0.1, -0.05) is 13.5 Å². The molecule has 0 aliphatic rings. The first-order chi connectivity index (χ1) is 5.07. The van der Waals surface area contributed by atoms with Gasteiger partial charge in [0.1, 0.15) is 0 Å². The summed E-state index contributed by atoms with van der Waals surface area (Å²) in [4.78, 5) is 10.7.